The number of halogens is 3. The predicted molar refractivity (Wildman–Crippen MR) is 70.8 cm³/mol. The van der Waals surface area contributed by atoms with Crippen molar-refractivity contribution in [1.29, 1.82) is 0 Å². The molecular formula is C15H18F3NO. The smallest absolute Gasteiger partial charge is 0.406 e. The van der Waals surface area contributed by atoms with E-state index in [4.69, 9.17) is 0 Å². The Labute approximate surface area is 116 Å². The third kappa shape index (κ3) is 2.72. The molecule has 1 spiro atoms. The van der Waals surface area contributed by atoms with Crippen LogP contribution in [0, 0.1) is 11.3 Å². The summed E-state index contributed by atoms with van der Waals surface area (Å²) in [5.74, 6) is 0.678. The normalized spacial score (nSPS) is 24.8. The minimum Gasteiger partial charge on any atom is -0.406 e. The van der Waals surface area contributed by atoms with Gasteiger partial charge in [-0.05, 0) is 54.9 Å². The lowest BCUT2D eigenvalue weighted by Crippen LogP contribution is -2.35. The topological polar surface area (TPSA) is 12.5 Å². The minimum atomic E-state index is -4.62. The van der Waals surface area contributed by atoms with E-state index in [1.165, 1.54) is 31.4 Å². The molecular weight excluding hydrogens is 267 g/mol. The molecule has 1 saturated carbocycles. The summed E-state index contributed by atoms with van der Waals surface area (Å²) in [6, 6.07) is 6.17. The van der Waals surface area contributed by atoms with Gasteiger partial charge in [-0.1, -0.05) is 6.92 Å². The largest absolute Gasteiger partial charge is 0.573 e. The van der Waals surface area contributed by atoms with Crippen LogP contribution in [0.25, 0.3) is 0 Å². The highest BCUT2D eigenvalue weighted by Gasteiger charge is 2.51. The first-order chi connectivity index (χ1) is 9.38. The minimum absolute atomic E-state index is 0.162. The molecule has 1 heterocycles. The maximum absolute atomic E-state index is 12.1. The van der Waals surface area contributed by atoms with Crippen LogP contribution in [-0.2, 0) is 0 Å². The lowest BCUT2D eigenvalue weighted by molar-refractivity contribution is -0.274. The van der Waals surface area contributed by atoms with Gasteiger partial charge in [0.2, 0.25) is 0 Å². The van der Waals surface area contributed by atoms with Gasteiger partial charge in [-0.2, -0.15) is 0 Å². The van der Waals surface area contributed by atoms with Crippen molar-refractivity contribution in [2.24, 2.45) is 11.3 Å². The Kier molecular flexibility index (Phi) is 3.10. The van der Waals surface area contributed by atoms with Crippen molar-refractivity contribution in [3.8, 4) is 5.75 Å². The van der Waals surface area contributed by atoms with Crippen molar-refractivity contribution >= 4 is 5.69 Å². The molecule has 20 heavy (non-hydrogen) atoms. The summed E-state index contributed by atoms with van der Waals surface area (Å²) in [5, 5.41) is 0. The van der Waals surface area contributed by atoms with E-state index < -0.39 is 6.36 Å². The molecule has 1 unspecified atom stereocenters. The van der Waals surface area contributed by atoms with Crippen molar-refractivity contribution in [2.75, 3.05) is 18.0 Å². The highest BCUT2D eigenvalue weighted by atomic mass is 19.4. The van der Waals surface area contributed by atoms with E-state index in [1.54, 1.807) is 12.1 Å². The molecule has 0 bridgehead atoms. The van der Waals surface area contributed by atoms with Gasteiger partial charge in [0.1, 0.15) is 5.75 Å². The Bertz CT molecular complexity index is 475. The molecule has 0 amide bonds. The lowest BCUT2D eigenvalue weighted by Gasteiger charge is -2.34. The van der Waals surface area contributed by atoms with Crippen molar-refractivity contribution in [3.63, 3.8) is 0 Å². The summed E-state index contributed by atoms with van der Waals surface area (Å²) in [6.45, 7) is 4.28. The second-order valence-electron chi connectivity index (χ2n) is 6.00. The summed E-state index contributed by atoms with van der Waals surface area (Å²) in [6.07, 6.45) is -0.912. The van der Waals surface area contributed by atoms with Gasteiger partial charge < -0.3 is 9.64 Å². The zero-order valence-corrected chi connectivity index (χ0v) is 11.4. The molecule has 1 aliphatic heterocycles. The maximum Gasteiger partial charge on any atom is 0.573 e. The van der Waals surface area contributed by atoms with Gasteiger partial charge in [0.05, 0.1) is 0 Å². The fourth-order valence-corrected chi connectivity index (χ4v) is 3.32. The molecule has 1 atom stereocenters. The highest BCUT2D eigenvalue weighted by Crippen LogP contribution is 2.59. The molecule has 5 heteroatoms. The van der Waals surface area contributed by atoms with Gasteiger partial charge in [0.25, 0.3) is 0 Å². The van der Waals surface area contributed by atoms with Crippen LogP contribution in [-0.4, -0.2) is 19.5 Å². The van der Waals surface area contributed by atoms with Crippen LogP contribution in [0.5, 0.6) is 5.75 Å². The molecule has 1 aliphatic carbocycles. The van der Waals surface area contributed by atoms with Crippen molar-refractivity contribution in [1.82, 2.24) is 0 Å². The molecule has 1 saturated heterocycles. The number of ether oxygens (including phenoxy) is 1. The van der Waals surface area contributed by atoms with E-state index in [0.717, 1.165) is 24.7 Å². The van der Waals surface area contributed by atoms with Crippen LogP contribution in [0.1, 0.15) is 26.2 Å². The van der Waals surface area contributed by atoms with Gasteiger partial charge in [-0.3, -0.25) is 0 Å². The molecule has 1 aromatic carbocycles. The van der Waals surface area contributed by atoms with E-state index in [0.29, 0.717) is 5.41 Å². The molecule has 2 nitrogen and oxygen atoms in total. The average Bonchev–Trinajstić information content (AvgIpc) is 2.99. The zero-order valence-electron chi connectivity index (χ0n) is 11.4. The first-order valence-electron chi connectivity index (χ1n) is 6.99. The number of nitrogens with zero attached hydrogens (tertiary/aromatic N) is 1. The zero-order chi connectivity index (χ0) is 14.4. The molecule has 110 valence electrons. The molecule has 1 aromatic rings. The number of piperidine rings is 1. The first kappa shape index (κ1) is 13.6. The number of anilines is 1. The fraction of sp³-hybridized carbons (Fsp3) is 0.600. The lowest BCUT2D eigenvalue weighted by atomic mass is 9.91. The van der Waals surface area contributed by atoms with Gasteiger partial charge >= 0.3 is 6.36 Å². The van der Waals surface area contributed by atoms with Crippen LogP contribution in [0.4, 0.5) is 18.9 Å². The molecule has 3 rings (SSSR count). The third-order valence-corrected chi connectivity index (χ3v) is 4.79. The summed E-state index contributed by atoms with van der Waals surface area (Å²) in [5.41, 5.74) is 1.54. The monoisotopic (exact) mass is 285 g/mol. The molecule has 2 fully saturated rings. The summed E-state index contributed by atoms with van der Waals surface area (Å²) < 4.78 is 40.2. The third-order valence-electron chi connectivity index (χ3n) is 4.79. The van der Waals surface area contributed by atoms with Gasteiger partial charge in [0, 0.05) is 18.8 Å². The predicted octanol–water partition coefficient (Wildman–Crippen LogP) is 4.21. The average molecular weight is 285 g/mol. The van der Waals surface area contributed by atoms with Gasteiger partial charge in [-0.25, -0.2) is 0 Å². The van der Waals surface area contributed by atoms with E-state index in [-0.39, 0.29) is 5.75 Å². The van der Waals surface area contributed by atoms with Crippen molar-refractivity contribution in [2.45, 2.75) is 32.5 Å². The van der Waals surface area contributed by atoms with Crippen LogP contribution < -0.4 is 9.64 Å². The molecule has 0 aromatic heterocycles. The van der Waals surface area contributed by atoms with Crippen molar-refractivity contribution in [3.05, 3.63) is 24.3 Å². The Balaban J connectivity index is 1.61. The first-order valence-corrected chi connectivity index (χ1v) is 6.99. The SMILES string of the molecule is CC1CC12CCN(c1ccc(OC(F)(F)F)cc1)CC2. The van der Waals surface area contributed by atoms with E-state index in [2.05, 4.69) is 16.6 Å². The summed E-state index contributed by atoms with van der Waals surface area (Å²) in [7, 11) is 0. The van der Waals surface area contributed by atoms with Crippen LogP contribution >= 0.6 is 0 Å². The number of rotatable bonds is 2. The van der Waals surface area contributed by atoms with E-state index >= 15 is 0 Å². The standard InChI is InChI=1S/C15H18F3NO/c1-11-10-14(11)6-8-19(9-7-14)12-2-4-13(5-3-12)20-15(16,17)18/h2-5,11H,6-10H2,1H3. The fourth-order valence-electron chi connectivity index (χ4n) is 3.32. The van der Waals surface area contributed by atoms with E-state index in [9.17, 15) is 13.2 Å². The number of benzene rings is 1. The second kappa shape index (κ2) is 4.57. The number of alkyl halides is 3. The molecule has 0 radical (unpaired) electrons. The van der Waals surface area contributed by atoms with Gasteiger partial charge in [0.15, 0.2) is 0 Å². The Morgan fingerprint density at radius 3 is 2.15 bits per heavy atom. The van der Waals surface area contributed by atoms with Crippen LogP contribution in [0.15, 0.2) is 24.3 Å². The molecule has 0 N–H and O–H groups in total. The Hall–Kier alpha value is -1.39. The number of hydrogen-bond donors (Lipinski definition) is 0. The van der Waals surface area contributed by atoms with Crippen LogP contribution in [0.3, 0.4) is 0 Å². The highest BCUT2D eigenvalue weighted by molar-refractivity contribution is 5.49. The summed E-state index contributed by atoms with van der Waals surface area (Å²) >= 11 is 0. The maximum atomic E-state index is 12.1. The van der Waals surface area contributed by atoms with Gasteiger partial charge in [-0.15, -0.1) is 13.2 Å². The number of hydrogen-bond acceptors (Lipinski definition) is 2. The summed E-state index contributed by atoms with van der Waals surface area (Å²) in [4.78, 5) is 2.24. The van der Waals surface area contributed by atoms with Crippen LogP contribution in [0.2, 0.25) is 0 Å². The second-order valence-corrected chi connectivity index (χ2v) is 6.00. The quantitative estimate of drug-likeness (QED) is 0.807. The Morgan fingerprint density at radius 2 is 1.70 bits per heavy atom. The molecule has 2 aliphatic rings. The van der Waals surface area contributed by atoms with Crippen molar-refractivity contribution < 1.29 is 17.9 Å². The Morgan fingerprint density at radius 1 is 1.15 bits per heavy atom. The van der Waals surface area contributed by atoms with E-state index in [1.807, 2.05) is 0 Å².